The highest BCUT2D eigenvalue weighted by molar-refractivity contribution is 6.39. The van der Waals surface area contributed by atoms with Gasteiger partial charge in [0.25, 0.3) is 11.8 Å². The molecule has 0 aliphatic carbocycles. The Morgan fingerprint density at radius 3 is 2.60 bits per heavy atom. The number of hydrogen-bond donors (Lipinski definition) is 1. The summed E-state index contributed by atoms with van der Waals surface area (Å²) in [5.41, 5.74) is -0.248. The molecule has 0 radical (unpaired) electrons. The van der Waals surface area contributed by atoms with Gasteiger partial charge in [0.05, 0.1) is 11.8 Å². The molecule has 25 heavy (non-hydrogen) atoms. The SMILES string of the molecule is O=C1NC(=O)N(c2cccc(Cl)c2)C(=O)C1=Cc1ccc([N+](=O)[O-])o1. The van der Waals surface area contributed by atoms with Crippen LogP contribution in [0.3, 0.4) is 0 Å². The van der Waals surface area contributed by atoms with Crippen LogP contribution >= 0.6 is 11.6 Å². The highest BCUT2D eigenvalue weighted by Crippen LogP contribution is 2.25. The molecule has 0 spiro atoms. The van der Waals surface area contributed by atoms with Gasteiger partial charge in [-0.25, -0.2) is 9.69 Å². The summed E-state index contributed by atoms with van der Waals surface area (Å²) in [7, 11) is 0. The second-order valence-corrected chi connectivity index (χ2v) is 5.31. The topological polar surface area (TPSA) is 123 Å². The van der Waals surface area contributed by atoms with E-state index >= 15 is 0 Å². The van der Waals surface area contributed by atoms with Crippen LogP contribution in [0.15, 0.2) is 46.4 Å². The average molecular weight is 362 g/mol. The molecule has 1 aliphatic heterocycles. The van der Waals surface area contributed by atoms with Crippen LogP contribution in [0.1, 0.15) is 5.76 Å². The number of amides is 4. The number of urea groups is 1. The lowest BCUT2D eigenvalue weighted by Crippen LogP contribution is -2.54. The summed E-state index contributed by atoms with van der Waals surface area (Å²) < 4.78 is 4.90. The number of carbonyl (C=O) groups is 3. The van der Waals surface area contributed by atoms with Crippen molar-refractivity contribution in [3.8, 4) is 0 Å². The second kappa shape index (κ2) is 6.21. The molecule has 2 aromatic rings. The van der Waals surface area contributed by atoms with Crippen LogP contribution in [0, 0.1) is 10.1 Å². The molecule has 0 saturated carbocycles. The molecule has 1 aromatic carbocycles. The fourth-order valence-corrected chi connectivity index (χ4v) is 2.35. The number of hydrogen-bond acceptors (Lipinski definition) is 6. The number of imide groups is 2. The van der Waals surface area contributed by atoms with E-state index < -0.39 is 34.2 Å². The molecule has 126 valence electrons. The van der Waals surface area contributed by atoms with Crippen molar-refractivity contribution in [2.75, 3.05) is 4.90 Å². The predicted octanol–water partition coefficient (Wildman–Crippen LogP) is 2.51. The Balaban J connectivity index is 2.00. The third-order valence-corrected chi connectivity index (χ3v) is 3.48. The lowest BCUT2D eigenvalue weighted by Gasteiger charge is -2.26. The maximum atomic E-state index is 12.6. The first kappa shape index (κ1) is 16.4. The minimum absolute atomic E-state index is 0.0782. The van der Waals surface area contributed by atoms with E-state index in [1.807, 2.05) is 5.32 Å². The summed E-state index contributed by atoms with van der Waals surface area (Å²) in [5.74, 6) is -2.47. The first-order chi connectivity index (χ1) is 11.9. The Hall–Kier alpha value is -3.46. The Kier molecular flexibility index (Phi) is 4.07. The van der Waals surface area contributed by atoms with E-state index in [9.17, 15) is 24.5 Å². The van der Waals surface area contributed by atoms with Crippen molar-refractivity contribution >= 4 is 47.1 Å². The van der Waals surface area contributed by atoms with Gasteiger partial charge in [-0.05, 0) is 30.3 Å². The number of rotatable bonds is 3. The predicted molar refractivity (Wildman–Crippen MR) is 85.8 cm³/mol. The van der Waals surface area contributed by atoms with Crippen LogP contribution in [0.2, 0.25) is 5.02 Å². The number of halogens is 1. The van der Waals surface area contributed by atoms with E-state index in [-0.39, 0.29) is 11.4 Å². The first-order valence-electron chi connectivity index (χ1n) is 6.78. The molecule has 0 unspecified atom stereocenters. The summed E-state index contributed by atoms with van der Waals surface area (Å²) in [6.07, 6.45) is 1.02. The molecule has 2 heterocycles. The quantitative estimate of drug-likeness (QED) is 0.388. The molecule has 1 aromatic heterocycles. The van der Waals surface area contributed by atoms with Crippen LogP contribution in [-0.2, 0) is 9.59 Å². The number of nitrogens with zero attached hydrogens (tertiary/aromatic N) is 2. The maximum Gasteiger partial charge on any atom is 0.433 e. The smallest absolute Gasteiger partial charge is 0.401 e. The molecule has 10 heteroatoms. The Labute approximate surface area is 144 Å². The summed E-state index contributed by atoms with van der Waals surface area (Å²) >= 11 is 5.86. The average Bonchev–Trinajstić information content (AvgIpc) is 3.00. The highest BCUT2D eigenvalue weighted by atomic mass is 35.5. The van der Waals surface area contributed by atoms with E-state index in [1.54, 1.807) is 6.07 Å². The number of benzene rings is 1. The summed E-state index contributed by atoms with van der Waals surface area (Å²) in [5, 5.41) is 12.9. The molecule has 0 atom stereocenters. The molecule has 1 N–H and O–H groups in total. The Bertz CT molecular complexity index is 948. The zero-order chi connectivity index (χ0) is 18.1. The van der Waals surface area contributed by atoms with Crippen molar-refractivity contribution < 1.29 is 23.7 Å². The van der Waals surface area contributed by atoms with Crippen LogP contribution in [0.25, 0.3) is 6.08 Å². The van der Waals surface area contributed by atoms with Crippen molar-refractivity contribution in [2.45, 2.75) is 0 Å². The molecule has 1 fully saturated rings. The standard InChI is InChI=1S/C15H8ClN3O6/c16-8-2-1-3-9(6-8)18-14(21)11(13(20)17-15(18)22)7-10-4-5-12(25-10)19(23)24/h1-7H,(H,17,20,22). The molecular formula is C15H8ClN3O6. The largest absolute Gasteiger partial charge is 0.433 e. The molecule has 1 aliphatic rings. The number of anilines is 1. The molecule has 1 saturated heterocycles. The third kappa shape index (κ3) is 3.12. The van der Waals surface area contributed by atoms with E-state index in [0.29, 0.717) is 5.02 Å². The Morgan fingerprint density at radius 1 is 1.20 bits per heavy atom. The van der Waals surface area contributed by atoms with Gasteiger partial charge in [-0.15, -0.1) is 0 Å². The van der Waals surface area contributed by atoms with Crippen LogP contribution in [0.4, 0.5) is 16.4 Å². The van der Waals surface area contributed by atoms with Crippen molar-refractivity contribution in [1.82, 2.24) is 5.32 Å². The van der Waals surface area contributed by atoms with Gasteiger partial charge in [-0.1, -0.05) is 17.7 Å². The normalized spacial score (nSPS) is 16.3. The van der Waals surface area contributed by atoms with Gasteiger partial charge in [-0.3, -0.25) is 25.0 Å². The summed E-state index contributed by atoms with van der Waals surface area (Å²) in [6, 6.07) is 7.32. The van der Waals surface area contributed by atoms with Gasteiger partial charge < -0.3 is 4.42 Å². The van der Waals surface area contributed by atoms with Gasteiger partial charge >= 0.3 is 11.9 Å². The summed E-state index contributed by atoms with van der Waals surface area (Å²) in [6.45, 7) is 0. The molecular weight excluding hydrogens is 354 g/mol. The van der Waals surface area contributed by atoms with Crippen LogP contribution in [-0.4, -0.2) is 22.8 Å². The van der Waals surface area contributed by atoms with E-state index in [0.717, 1.165) is 17.0 Å². The number of furan rings is 1. The van der Waals surface area contributed by atoms with Crippen molar-refractivity contribution in [1.29, 1.82) is 0 Å². The summed E-state index contributed by atoms with van der Waals surface area (Å²) in [4.78, 5) is 47.1. The molecule has 0 bridgehead atoms. The van der Waals surface area contributed by atoms with Crippen molar-refractivity contribution in [3.63, 3.8) is 0 Å². The lowest BCUT2D eigenvalue weighted by molar-refractivity contribution is -0.402. The van der Waals surface area contributed by atoms with Gasteiger partial charge in [0.15, 0.2) is 0 Å². The van der Waals surface area contributed by atoms with Crippen LogP contribution < -0.4 is 10.2 Å². The number of carbonyl (C=O) groups excluding carboxylic acids is 3. The van der Waals surface area contributed by atoms with Crippen molar-refractivity contribution in [3.05, 3.63) is 62.9 Å². The van der Waals surface area contributed by atoms with Gasteiger partial charge in [0.1, 0.15) is 16.3 Å². The minimum Gasteiger partial charge on any atom is -0.401 e. The van der Waals surface area contributed by atoms with Crippen LogP contribution in [0.5, 0.6) is 0 Å². The van der Waals surface area contributed by atoms with Gasteiger partial charge in [-0.2, -0.15) is 0 Å². The molecule has 9 nitrogen and oxygen atoms in total. The van der Waals surface area contributed by atoms with E-state index in [2.05, 4.69) is 0 Å². The zero-order valence-electron chi connectivity index (χ0n) is 12.3. The zero-order valence-corrected chi connectivity index (χ0v) is 13.0. The Morgan fingerprint density at radius 2 is 1.96 bits per heavy atom. The lowest BCUT2D eigenvalue weighted by atomic mass is 10.1. The third-order valence-electron chi connectivity index (χ3n) is 3.25. The minimum atomic E-state index is -0.938. The fourth-order valence-electron chi connectivity index (χ4n) is 2.17. The van der Waals surface area contributed by atoms with Crippen molar-refractivity contribution in [2.24, 2.45) is 0 Å². The van der Waals surface area contributed by atoms with Gasteiger partial charge in [0, 0.05) is 5.02 Å². The molecule has 4 amide bonds. The van der Waals surface area contributed by atoms with E-state index in [1.165, 1.54) is 24.3 Å². The maximum absolute atomic E-state index is 12.6. The number of barbiturate groups is 1. The van der Waals surface area contributed by atoms with E-state index in [4.69, 9.17) is 16.0 Å². The number of nitrogens with one attached hydrogen (secondary N) is 1. The van der Waals surface area contributed by atoms with Gasteiger partial charge in [0.2, 0.25) is 0 Å². The second-order valence-electron chi connectivity index (χ2n) is 4.87. The molecule has 3 rings (SSSR count). The highest BCUT2D eigenvalue weighted by Gasteiger charge is 2.37. The fraction of sp³-hybridized carbons (Fsp3) is 0. The first-order valence-corrected chi connectivity index (χ1v) is 7.16. The monoisotopic (exact) mass is 361 g/mol. The number of nitro groups is 1.